The normalized spacial score (nSPS) is 11.3. The second kappa shape index (κ2) is 7.80. The number of ether oxygens (including phenoxy) is 1. The number of benzene rings is 1. The summed E-state index contributed by atoms with van der Waals surface area (Å²) in [6.45, 7) is 10.5. The van der Waals surface area contributed by atoms with Gasteiger partial charge in [-0.2, -0.15) is 0 Å². The quantitative estimate of drug-likeness (QED) is 0.756. The van der Waals surface area contributed by atoms with Crippen molar-refractivity contribution < 1.29 is 4.74 Å². The molecule has 0 atom stereocenters. The average Bonchev–Trinajstić information content (AvgIpc) is 2.29. The van der Waals surface area contributed by atoms with Gasteiger partial charge in [0.05, 0.1) is 6.61 Å². The minimum absolute atomic E-state index is 0.478. The van der Waals surface area contributed by atoms with E-state index in [0.717, 1.165) is 29.8 Å². The Morgan fingerprint density at radius 2 is 1.94 bits per heavy atom. The Labute approximate surface area is 119 Å². The van der Waals surface area contributed by atoms with Gasteiger partial charge < -0.3 is 10.1 Å². The summed E-state index contributed by atoms with van der Waals surface area (Å²) in [5.74, 6) is 1.49. The lowest BCUT2D eigenvalue weighted by atomic mass is 10.0. The molecule has 18 heavy (non-hydrogen) atoms. The van der Waals surface area contributed by atoms with E-state index in [9.17, 15) is 0 Å². The van der Waals surface area contributed by atoms with Crippen molar-refractivity contribution in [3.8, 4) is 5.75 Å². The van der Waals surface area contributed by atoms with Crippen molar-refractivity contribution in [1.29, 1.82) is 0 Å². The van der Waals surface area contributed by atoms with E-state index in [-0.39, 0.29) is 0 Å². The zero-order valence-electron chi connectivity index (χ0n) is 11.8. The minimum atomic E-state index is 0.478. The molecule has 1 N–H and O–H groups in total. The van der Waals surface area contributed by atoms with Crippen LogP contribution in [0.2, 0.25) is 0 Å². The van der Waals surface area contributed by atoms with Gasteiger partial charge in [0.1, 0.15) is 5.75 Å². The van der Waals surface area contributed by atoms with Crippen molar-refractivity contribution in [1.82, 2.24) is 5.32 Å². The Kier molecular flexibility index (Phi) is 6.72. The molecule has 0 aliphatic rings. The van der Waals surface area contributed by atoms with Gasteiger partial charge >= 0.3 is 0 Å². The Bertz CT molecular complexity index is 364. The SMILES string of the molecule is CC(C)NCCCOc1ccc(Br)cc1C(C)C. The lowest BCUT2D eigenvalue weighted by molar-refractivity contribution is 0.302. The number of rotatable bonds is 7. The van der Waals surface area contributed by atoms with E-state index in [1.165, 1.54) is 5.56 Å². The van der Waals surface area contributed by atoms with Gasteiger partial charge in [-0.3, -0.25) is 0 Å². The molecule has 1 aromatic carbocycles. The minimum Gasteiger partial charge on any atom is -0.493 e. The van der Waals surface area contributed by atoms with E-state index in [1.54, 1.807) is 0 Å². The molecular formula is C15H24BrNO. The third-order valence-electron chi connectivity index (χ3n) is 2.73. The first-order chi connectivity index (χ1) is 8.50. The highest BCUT2D eigenvalue weighted by atomic mass is 79.9. The maximum atomic E-state index is 5.87. The molecule has 102 valence electrons. The van der Waals surface area contributed by atoms with E-state index in [1.807, 2.05) is 6.07 Å². The maximum absolute atomic E-state index is 5.87. The lowest BCUT2D eigenvalue weighted by Crippen LogP contribution is -2.24. The summed E-state index contributed by atoms with van der Waals surface area (Å²) in [7, 11) is 0. The van der Waals surface area contributed by atoms with Crippen molar-refractivity contribution >= 4 is 15.9 Å². The molecule has 0 fully saturated rings. The van der Waals surface area contributed by atoms with Gasteiger partial charge in [0.25, 0.3) is 0 Å². The molecule has 0 aliphatic heterocycles. The summed E-state index contributed by atoms with van der Waals surface area (Å²) in [6.07, 6.45) is 1.03. The van der Waals surface area contributed by atoms with Crippen LogP contribution in [0.5, 0.6) is 5.75 Å². The van der Waals surface area contributed by atoms with Gasteiger partial charge in [-0.15, -0.1) is 0 Å². The van der Waals surface area contributed by atoms with Crippen molar-refractivity contribution in [3.05, 3.63) is 28.2 Å². The summed E-state index contributed by atoms with van der Waals surface area (Å²) in [6, 6.07) is 6.78. The predicted molar refractivity (Wildman–Crippen MR) is 81.5 cm³/mol. The monoisotopic (exact) mass is 313 g/mol. The van der Waals surface area contributed by atoms with Gasteiger partial charge in [0.2, 0.25) is 0 Å². The van der Waals surface area contributed by atoms with Crippen molar-refractivity contribution in [2.75, 3.05) is 13.2 Å². The van der Waals surface area contributed by atoms with Gasteiger partial charge in [-0.1, -0.05) is 43.6 Å². The number of nitrogens with one attached hydrogen (secondary N) is 1. The summed E-state index contributed by atoms with van der Waals surface area (Å²) in [5.41, 5.74) is 1.26. The number of hydrogen-bond acceptors (Lipinski definition) is 2. The van der Waals surface area contributed by atoms with E-state index in [4.69, 9.17) is 4.74 Å². The molecule has 0 bridgehead atoms. The van der Waals surface area contributed by atoms with E-state index >= 15 is 0 Å². The van der Waals surface area contributed by atoms with Crippen LogP contribution in [0.4, 0.5) is 0 Å². The summed E-state index contributed by atoms with van der Waals surface area (Å²) in [5, 5.41) is 3.39. The molecule has 0 aliphatic carbocycles. The Balaban J connectivity index is 2.46. The van der Waals surface area contributed by atoms with Crippen LogP contribution < -0.4 is 10.1 Å². The van der Waals surface area contributed by atoms with Crippen molar-refractivity contribution in [2.45, 2.75) is 46.1 Å². The molecule has 0 heterocycles. The van der Waals surface area contributed by atoms with Crippen LogP contribution in [-0.2, 0) is 0 Å². The number of halogens is 1. The molecule has 0 saturated heterocycles. The Hall–Kier alpha value is -0.540. The second-order valence-corrected chi connectivity index (χ2v) is 6.06. The first-order valence-corrected chi connectivity index (χ1v) is 7.45. The van der Waals surface area contributed by atoms with Gasteiger partial charge in [0, 0.05) is 10.5 Å². The zero-order chi connectivity index (χ0) is 13.5. The fourth-order valence-electron chi connectivity index (χ4n) is 1.75. The topological polar surface area (TPSA) is 21.3 Å². The Morgan fingerprint density at radius 1 is 1.22 bits per heavy atom. The fraction of sp³-hybridized carbons (Fsp3) is 0.600. The van der Waals surface area contributed by atoms with Gasteiger partial charge in [0.15, 0.2) is 0 Å². The molecule has 1 aromatic rings. The largest absolute Gasteiger partial charge is 0.493 e. The molecule has 0 amide bonds. The molecule has 0 unspecified atom stereocenters. The summed E-state index contributed by atoms with van der Waals surface area (Å²) >= 11 is 3.51. The van der Waals surface area contributed by atoms with Crippen LogP contribution >= 0.6 is 15.9 Å². The van der Waals surface area contributed by atoms with Crippen LogP contribution in [0.15, 0.2) is 22.7 Å². The fourth-order valence-corrected chi connectivity index (χ4v) is 2.13. The molecular weight excluding hydrogens is 290 g/mol. The molecule has 0 radical (unpaired) electrons. The smallest absolute Gasteiger partial charge is 0.122 e. The predicted octanol–water partition coefficient (Wildman–Crippen LogP) is 4.34. The maximum Gasteiger partial charge on any atom is 0.122 e. The third kappa shape index (κ3) is 5.40. The molecule has 1 rings (SSSR count). The second-order valence-electron chi connectivity index (χ2n) is 5.15. The molecule has 0 saturated carbocycles. The van der Waals surface area contributed by atoms with Crippen LogP contribution in [0, 0.1) is 0 Å². The van der Waals surface area contributed by atoms with Crippen LogP contribution in [0.25, 0.3) is 0 Å². The molecule has 0 spiro atoms. The Morgan fingerprint density at radius 3 is 2.56 bits per heavy atom. The highest BCUT2D eigenvalue weighted by molar-refractivity contribution is 9.10. The zero-order valence-corrected chi connectivity index (χ0v) is 13.4. The highest BCUT2D eigenvalue weighted by Crippen LogP contribution is 2.29. The average molecular weight is 314 g/mol. The van der Waals surface area contributed by atoms with Crippen molar-refractivity contribution in [3.63, 3.8) is 0 Å². The number of hydrogen-bond donors (Lipinski definition) is 1. The first kappa shape index (κ1) is 15.5. The molecule has 3 heteroatoms. The summed E-state index contributed by atoms with van der Waals surface area (Å²) in [4.78, 5) is 0. The molecule has 0 aromatic heterocycles. The van der Waals surface area contributed by atoms with E-state index in [2.05, 4.69) is 61.1 Å². The summed E-state index contributed by atoms with van der Waals surface area (Å²) < 4.78 is 6.99. The van der Waals surface area contributed by atoms with Crippen LogP contribution in [0.3, 0.4) is 0 Å². The highest BCUT2D eigenvalue weighted by Gasteiger charge is 2.08. The van der Waals surface area contributed by atoms with E-state index < -0.39 is 0 Å². The van der Waals surface area contributed by atoms with Crippen LogP contribution in [-0.4, -0.2) is 19.2 Å². The lowest BCUT2D eigenvalue weighted by Gasteiger charge is -2.15. The standard InChI is InChI=1S/C15H24BrNO/c1-11(2)14-10-13(16)6-7-15(14)18-9-5-8-17-12(3)4/h6-7,10-12,17H,5,8-9H2,1-4H3. The molecule has 2 nitrogen and oxygen atoms in total. The first-order valence-electron chi connectivity index (χ1n) is 6.66. The van der Waals surface area contributed by atoms with Gasteiger partial charge in [-0.05, 0) is 42.6 Å². The van der Waals surface area contributed by atoms with E-state index in [0.29, 0.717) is 12.0 Å². The van der Waals surface area contributed by atoms with Crippen molar-refractivity contribution in [2.24, 2.45) is 0 Å². The third-order valence-corrected chi connectivity index (χ3v) is 3.22. The van der Waals surface area contributed by atoms with Gasteiger partial charge in [-0.25, -0.2) is 0 Å². The van der Waals surface area contributed by atoms with Crippen LogP contribution in [0.1, 0.15) is 45.6 Å².